The lowest BCUT2D eigenvalue weighted by Gasteiger charge is -2.06. The molecule has 0 bridgehead atoms. The molecule has 0 atom stereocenters. The van der Waals surface area contributed by atoms with Crippen LogP contribution in [0.3, 0.4) is 0 Å². The van der Waals surface area contributed by atoms with E-state index in [9.17, 15) is 9.59 Å². The Bertz CT molecular complexity index is 644. The van der Waals surface area contributed by atoms with Crippen LogP contribution in [0.25, 0.3) is 0 Å². The van der Waals surface area contributed by atoms with Crippen LogP contribution >= 0.6 is 11.3 Å². The third-order valence-electron chi connectivity index (χ3n) is 2.97. The molecule has 0 saturated carbocycles. The van der Waals surface area contributed by atoms with E-state index in [0.29, 0.717) is 11.3 Å². The summed E-state index contributed by atoms with van der Waals surface area (Å²) < 4.78 is 5.16. The van der Waals surface area contributed by atoms with Gasteiger partial charge in [-0.25, -0.2) is 4.79 Å². The van der Waals surface area contributed by atoms with Crippen molar-refractivity contribution in [2.75, 3.05) is 5.32 Å². The molecule has 1 heterocycles. The molecule has 5 heteroatoms. The van der Waals surface area contributed by atoms with Gasteiger partial charge in [0.15, 0.2) is 5.78 Å². The number of carbonyl (C=O) groups is 2. The Morgan fingerprint density at radius 2 is 1.80 bits per heavy atom. The highest BCUT2D eigenvalue weighted by Gasteiger charge is 2.10. The van der Waals surface area contributed by atoms with Gasteiger partial charge in [-0.1, -0.05) is 0 Å². The second kappa shape index (κ2) is 5.88. The van der Waals surface area contributed by atoms with E-state index < -0.39 is 6.09 Å². The average molecular weight is 289 g/mol. The molecule has 1 N–H and O–H groups in total. The van der Waals surface area contributed by atoms with Crippen molar-refractivity contribution in [2.24, 2.45) is 0 Å². The van der Waals surface area contributed by atoms with Crippen LogP contribution in [-0.2, 0) is 0 Å². The normalized spacial score (nSPS) is 10.2. The van der Waals surface area contributed by atoms with E-state index in [0.717, 1.165) is 16.1 Å². The Balaban J connectivity index is 2.01. The smallest absolute Gasteiger partial charge is 0.410 e. The van der Waals surface area contributed by atoms with Crippen LogP contribution < -0.4 is 10.1 Å². The fourth-order valence-corrected chi connectivity index (χ4v) is 2.56. The van der Waals surface area contributed by atoms with Crippen LogP contribution in [0.15, 0.2) is 29.6 Å². The van der Waals surface area contributed by atoms with Gasteiger partial charge in [-0.05, 0) is 61.5 Å². The van der Waals surface area contributed by atoms with Crippen molar-refractivity contribution in [3.05, 3.63) is 46.3 Å². The van der Waals surface area contributed by atoms with Crippen molar-refractivity contribution in [3.63, 3.8) is 0 Å². The maximum Gasteiger partial charge on any atom is 0.417 e. The molecule has 0 radical (unpaired) electrons. The van der Waals surface area contributed by atoms with Gasteiger partial charge in [-0.15, -0.1) is 11.3 Å². The lowest BCUT2D eigenvalue weighted by Crippen LogP contribution is -2.16. The number of ether oxygens (including phenoxy) is 1. The van der Waals surface area contributed by atoms with Gasteiger partial charge in [0.2, 0.25) is 0 Å². The summed E-state index contributed by atoms with van der Waals surface area (Å²) in [5.74, 6) is 0.379. The summed E-state index contributed by atoms with van der Waals surface area (Å²) in [7, 11) is 0. The highest BCUT2D eigenvalue weighted by Crippen LogP contribution is 2.26. The summed E-state index contributed by atoms with van der Waals surface area (Å²) in [6.07, 6.45) is -0.537. The van der Waals surface area contributed by atoms with E-state index in [2.05, 4.69) is 5.32 Å². The minimum absolute atomic E-state index is 0.0225. The SMILES string of the molecule is CC(=O)c1ccc(OC(=O)Nc2scc(C)c2C)cc1. The first-order chi connectivity index (χ1) is 9.47. The standard InChI is InChI=1S/C15H15NO3S/c1-9-8-20-14(10(9)2)16-15(18)19-13-6-4-12(5-7-13)11(3)17/h4-8H,1-3H3,(H,16,18). The van der Waals surface area contributed by atoms with Crippen molar-refractivity contribution < 1.29 is 14.3 Å². The fraction of sp³-hybridized carbons (Fsp3) is 0.200. The van der Waals surface area contributed by atoms with Gasteiger partial charge in [-0.3, -0.25) is 10.1 Å². The molecule has 0 saturated heterocycles. The molecule has 0 spiro atoms. The molecule has 0 fully saturated rings. The minimum atomic E-state index is -0.537. The Kier molecular flexibility index (Phi) is 4.20. The predicted molar refractivity (Wildman–Crippen MR) is 79.9 cm³/mol. The monoisotopic (exact) mass is 289 g/mol. The zero-order valence-electron chi connectivity index (χ0n) is 11.5. The summed E-state index contributed by atoms with van der Waals surface area (Å²) in [4.78, 5) is 22.9. The molecular formula is C15H15NO3S. The summed E-state index contributed by atoms with van der Waals surface area (Å²) in [6, 6.07) is 6.46. The van der Waals surface area contributed by atoms with Gasteiger partial charge in [0.1, 0.15) is 10.8 Å². The summed E-state index contributed by atoms with van der Waals surface area (Å²) in [6.45, 7) is 5.43. The van der Waals surface area contributed by atoms with Crippen LogP contribution in [0.4, 0.5) is 9.80 Å². The predicted octanol–water partition coefficient (Wildman–Crippen LogP) is 4.18. The molecule has 1 aromatic heterocycles. The summed E-state index contributed by atoms with van der Waals surface area (Å²) >= 11 is 1.46. The van der Waals surface area contributed by atoms with Gasteiger partial charge in [-0.2, -0.15) is 0 Å². The molecular weight excluding hydrogens is 274 g/mol. The summed E-state index contributed by atoms with van der Waals surface area (Å²) in [5.41, 5.74) is 2.76. The molecule has 4 nitrogen and oxygen atoms in total. The molecule has 0 aliphatic heterocycles. The lowest BCUT2D eigenvalue weighted by molar-refractivity contribution is 0.101. The van der Waals surface area contributed by atoms with Crippen molar-refractivity contribution in [1.29, 1.82) is 0 Å². The number of carbonyl (C=O) groups excluding carboxylic acids is 2. The van der Waals surface area contributed by atoms with Crippen molar-refractivity contribution in [3.8, 4) is 5.75 Å². The van der Waals surface area contributed by atoms with Crippen LogP contribution in [0.2, 0.25) is 0 Å². The topological polar surface area (TPSA) is 55.4 Å². The third-order valence-corrected chi connectivity index (χ3v) is 4.09. The number of aryl methyl sites for hydroxylation is 1. The highest BCUT2D eigenvalue weighted by atomic mass is 32.1. The highest BCUT2D eigenvalue weighted by molar-refractivity contribution is 7.14. The zero-order chi connectivity index (χ0) is 14.7. The number of amides is 1. The Labute approximate surface area is 121 Å². The third kappa shape index (κ3) is 3.24. The number of thiophene rings is 1. The van der Waals surface area contributed by atoms with Crippen LogP contribution in [0.1, 0.15) is 28.4 Å². The maximum atomic E-state index is 11.8. The van der Waals surface area contributed by atoms with E-state index >= 15 is 0 Å². The molecule has 20 heavy (non-hydrogen) atoms. The fourth-order valence-electron chi connectivity index (χ4n) is 1.61. The van der Waals surface area contributed by atoms with Gasteiger partial charge >= 0.3 is 6.09 Å². The second-order valence-electron chi connectivity index (χ2n) is 4.47. The number of anilines is 1. The second-order valence-corrected chi connectivity index (χ2v) is 5.35. The zero-order valence-corrected chi connectivity index (χ0v) is 12.3. The van der Waals surface area contributed by atoms with Crippen LogP contribution in [0.5, 0.6) is 5.75 Å². The van der Waals surface area contributed by atoms with Crippen molar-refractivity contribution in [1.82, 2.24) is 0 Å². The Morgan fingerprint density at radius 3 is 2.30 bits per heavy atom. The molecule has 2 rings (SSSR count). The average Bonchev–Trinajstić information content (AvgIpc) is 2.71. The van der Waals surface area contributed by atoms with Gasteiger partial charge in [0.25, 0.3) is 0 Å². The number of hydrogen-bond donors (Lipinski definition) is 1. The Morgan fingerprint density at radius 1 is 1.15 bits per heavy atom. The number of ketones is 1. The number of hydrogen-bond acceptors (Lipinski definition) is 4. The van der Waals surface area contributed by atoms with Crippen LogP contribution in [0, 0.1) is 13.8 Å². The van der Waals surface area contributed by atoms with E-state index in [-0.39, 0.29) is 5.78 Å². The van der Waals surface area contributed by atoms with Gasteiger partial charge in [0.05, 0.1) is 0 Å². The van der Waals surface area contributed by atoms with E-state index in [4.69, 9.17) is 4.74 Å². The molecule has 1 amide bonds. The minimum Gasteiger partial charge on any atom is -0.410 e. The largest absolute Gasteiger partial charge is 0.417 e. The van der Waals surface area contributed by atoms with Crippen molar-refractivity contribution >= 4 is 28.2 Å². The van der Waals surface area contributed by atoms with E-state index in [1.54, 1.807) is 24.3 Å². The number of nitrogens with one attached hydrogen (secondary N) is 1. The number of Topliss-reactive ketones (excluding diaryl/α,β-unsaturated/α-hetero) is 1. The lowest BCUT2D eigenvalue weighted by atomic mass is 10.1. The van der Waals surface area contributed by atoms with Gasteiger partial charge < -0.3 is 4.74 Å². The first-order valence-electron chi connectivity index (χ1n) is 6.12. The van der Waals surface area contributed by atoms with E-state index in [1.807, 2.05) is 19.2 Å². The summed E-state index contributed by atoms with van der Waals surface area (Å²) in [5, 5.41) is 5.47. The first kappa shape index (κ1) is 14.3. The molecule has 104 valence electrons. The quantitative estimate of drug-likeness (QED) is 0.862. The number of rotatable bonds is 3. The Hall–Kier alpha value is -2.14. The number of benzene rings is 1. The first-order valence-corrected chi connectivity index (χ1v) is 7.00. The maximum absolute atomic E-state index is 11.8. The van der Waals surface area contributed by atoms with Crippen molar-refractivity contribution in [2.45, 2.75) is 20.8 Å². The molecule has 0 unspecified atom stereocenters. The molecule has 0 aliphatic rings. The molecule has 2 aromatic rings. The molecule has 1 aromatic carbocycles. The van der Waals surface area contributed by atoms with Crippen LogP contribution in [-0.4, -0.2) is 11.9 Å². The molecule has 0 aliphatic carbocycles. The van der Waals surface area contributed by atoms with Gasteiger partial charge in [0, 0.05) is 5.56 Å². The van der Waals surface area contributed by atoms with E-state index in [1.165, 1.54) is 18.3 Å².